The zero-order chi connectivity index (χ0) is 24.5. The molecule has 2 amide bonds. The maximum absolute atomic E-state index is 12.5. The number of pyridine rings is 1. The third-order valence-electron chi connectivity index (χ3n) is 5.28. The van der Waals surface area contributed by atoms with Gasteiger partial charge in [-0.25, -0.2) is 19.7 Å². The molecule has 0 aliphatic carbocycles. The minimum atomic E-state index is -0.556. The van der Waals surface area contributed by atoms with Crippen LogP contribution in [-0.2, 0) is 4.74 Å². The zero-order valence-corrected chi connectivity index (χ0v) is 20.4. The number of carbonyl (C=O) groups excluding carboxylic acids is 2. The van der Waals surface area contributed by atoms with Gasteiger partial charge in [-0.1, -0.05) is 0 Å². The molecule has 3 N–H and O–H groups in total. The molecule has 4 heterocycles. The van der Waals surface area contributed by atoms with Crippen molar-refractivity contribution in [1.82, 2.24) is 19.9 Å². The van der Waals surface area contributed by atoms with E-state index in [-0.39, 0.29) is 12.2 Å². The van der Waals surface area contributed by atoms with Gasteiger partial charge in [-0.15, -0.1) is 11.3 Å². The number of likely N-dealkylation sites (tertiary alicyclic amines) is 1. The smallest absolute Gasteiger partial charge is 0.410 e. The first-order valence-corrected chi connectivity index (χ1v) is 11.8. The monoisotopic (exact) mass is 484 g/mol. The zero-order valence-electron chi connectivity index (χ0n) is 19.6. The number of hydrogen-bond acceptors (Lipinski definition) is 9. The Balaban J connectivity index is 1.54. The summed E-state index contributed by atoms with van der Waals surface area (Å²) in [6.07, 6.45) is 4.09. The van der Waals surface area contributed by atoms with Crippen molar-refractivity contribution in [2.75, 3.05) is 18.4 Å². The van der Waals surface area contributed by atoms with Crippen LogP contribution in [0.4, 0.5) is 16.3 Å². The molecule has 1 atom stereocenters. The van der Waals surface area contributed by atoms with E-state index in [1.54, 1.807) is 17.2 Å². The minimum Gasteiger partial charge on any atom is -0.471 e. The lowest BCUT2D eigenvalue weighted by molar-refractivity contribution is 0.00732. The third kappa shape index (κ3) is 5.19. The number of ether oxygens (including phenoxy) is 2. The number of hydrogen-bond donors (Lipinski definition) is 2. The number of piperidine rings is 1. The van der Waals surface area contributed by atoms with Gasteiger partial charge in [-0.05, 0) is 58.2 Å². The summed E-state index contributed by atoms with van der Waals surface area (Å²) in [7, 11) is 0. The normalized spacial score (nSPS) is 16.4. The molecular formula is C23H28N6O4S. The number of thiophene rings is 1. The molecular weight excluding hydrogens is 456 g/mol. The lowest BCUT2D eigenvalue weighted by Gasteiger charge is -2.34. The molecule has 1 aliphatic rings. The highest BCUT2D eigenvalue weighted by Gasteiger charge is 2.29. The second-order valence-corrected chi connectivity index (χ2v) is 10.1. The molecule has 11 heteroatoms. The van der Waals surface area contributed by atoms with Gasteiger partial charge >= 0.3 is 6.09 Å². The van der Waals surface area contributed by atoms with Crippen molar-refractivity contribution in [3.63, 3.8) is 0 Å². The molecule has 4 rings (SSSR count). The van der Waals surface area contributed by atoms with Gasteiger partial charge in [-0.3, -0.25) is 4.79 Å². The number of fused-ring (bicyclic) bond motifs is 1. The van der Waals surface area contributed by atoms with Gasteiger partial charge in [-0.2, -0.15) is 0 Å². The van der Waals surface area contributed by atoms with Crippen LogP contribution in [0.1, 0.15) is 48.8 Å². The fourth-order valence-electron chi connectivity index (χ4n) is 3.79. The molecule has 0 spiro atoms. The average Bonchev–Trinajstić information content (AvgIpc) is 3.12. The molecule has 3 aromatic rings. The Morgan fingerprint density at radius 1 is 1.26 bits per heavy atom. The highest BCUT2D eigenvalue weighted by atomic mass is 32.1. The first-order chi connectivity index (χ1) is 16.1. The van der Waals surface area contributed by atoms with E-state index in [1.165, 1.54) is 17.7 Å². The molecule has 0 aromatic carbocycles. The van der Waals surface area contributed by atoms with Crippen LogP contribution in [0.2, 0.25) is 0 Å². The molecule has 0 saturated carbocycles. The molecule has 1 fully saturated rings. The number of aryl methyl sites for hydroxylation is 1. The van der Waals surface area contributed by atoms with Crippen molar-refractivity contribution in [3.05, 3.63) is 35.1 Å². The number of nitrogens with two attached hydrogens (primary N) is 1. The Morgan fingerprint density at radius 2 is 2.06 bits per heavy atom. The first kappa shape index (κ1) is 23.7. The molecule has 0 bridgehead atoms. The number of amides is 2. The number of nitrogens with zero attached hydrogens (tertiary/aromatic N) is 4. The molecule has 34 heavy (non-hydrogen) atoms. The van der Waals surface area contributed by atoms with Crippen LogP contribution in [0.5, 0.6) is 5.88 Å². The SMILES string of the molecule is Cc1c(C(N)=O)sc2ncnc(Nc3cccnc3O[C@H]3CCCN(C(=O)OC(C)(C)C)C3)c12. The number of primary amides is 1. The summed E-state index contributed by atoms with van der Waals surface area (Å²) in [5.41, 5.74) is 6.29. The van der Waals surface area contributed by atoms with Crippen LogP contribution < -0.4 is 15.8 Å². The van der Waals surface area contributed by atoms with E-state index < -0.39 is 11.5 Å². The number of aromatic nitrogens is 3. The maximum atomic E-state index is 12.5. The van der Waals surface area contributed by atoms with Gasteiger partial charge in [0.1, 0.15) is 34.4 Å². The lowest BCUT2D eigenvalue weighted by atomic mass is 10.1. The van der Waals surface area contributed by atoms with E-state index in [1.807, 2.05) is 33.8 Å². The Labute approximate surface area is 201 Å². The average molecular weight is 485 g/mol. The predicted molar refractivity (Wildman–Crippen MR) is 130 cm³/mol. The molecule has 180 valence electrons. The van der Waals surface area contributed by atoms with Gasteiger partial charge in [0.05, 0.1) is 16.8 Å². The van der Waals surface area contributed by atoms with Gasteiger partial charge in [0, 0.05) is 12.7 Å². The van der Waals surface area contributed by atoms with Crippen LogP contribution >= 0.6 is 11.3 Å². The summed E-state index contributed by atoms with van der Waals surface area (Å²) in [4.78, 5) is 40.1. The summed E-state index contributed by atoms with van der Waals surface area (Å²) in [5, 5.41) is 4.00. The van der Waals surface area contributed by atoms with Gasteiger partial charge in [0.15, 0.2) is 0 Å². The van der Waals surface area contributed by atoms with Crippen molar-refractivity contribution < 1.29 is 19.1 Å². The van der Waals surface area contributed by atoms with Crippen LogP contribution in [-0.4, -0.2) is 56.6 Å². The summed E-state index contributed by atoms with van der Waals surface area (Å²) in [5.74, 6) is 0.431. The van der Waals surface area contributed by atoms with Crippen molar-refractivity contribution >= 4 is 45.1 Å². The molecule has 0 radical (unpaired) electrons. The van der Waals surface area contributed by atoms with E-state index in [9.17, 15) is 9.59 Å². The largest absolute Gasteiger partial charge is 0.471 e. The Hall–Kier alpha value is -3.47. The predicted octanol–water partition coefficient (Wildman–Crippen LogP) is 4.02. The van der Waals surface area contributed by atoms with Crippen LogP contribution in [0.15, 0.2) is 24.7 Å². The van der Waals surface area contributed by atoms with E-state index in [0.29, 0.717) is 40.2 Å². The number of nitrogens with one attached hydrogen (secondary N) is 1. The lowest BCUT2D eigenvalue weighted by Crippen LogP contribution is -2.46. The van der Waals surface area contributed by atoms with Gasteiger partial charge < -0.3 is 25.4 Å². The summed E-state index contributed by atoms with van der Waals surface area (Å²) in [6.45, 7) is 8.40. The fraction of sp³-hybridized carbons (Fsp3) is 0.435. The molecule has 1 saturated heterocycles. The quantitative estimate of drug-likeness (QED) is 0.555. The fourth-order valence-corrected chi connectivity index (χ4v) is 4.79. The Bertz CT molecular complexity index is 1220. The third-order valence-corrected chi connectivity index (χ3v) is 6.50. The first-order valence-electron chi connectivity index (χ1n) is 11.0. The standard InChI is InChI=1S/C23H28N6O4S/c1-13-16-19(26-12-27-21(16)34-17(13)18(24)30)28-15-8-5-9-25-20(15)32-14-7-6-10-29(11-14)22(31)33-23(2,3)4/h5,8-9,12,14H,6-7,10-11H2,1-4H3,(H2,24,30)(H,26,27,28)/t14-/m0/s1. The van der Waals surface area contributed by atoms with Crippen LogP contribution in [0.25, 0.3) is 10.2 Å². The van der Waals surface area contributed by atoms with E-state index in [0.717, 1.165) is 23.8 Å². The Kier molecular flexibility index (Phi) is 6.56. The van der Waals surface area contributed by atoms with Gasteiger partial charge in [0.25, 0.3) is 5.91 Å². The second kappa shape index (κ2) is 9.41. The number of carbonyl (C=O) groups is 2. The highest BCUT2D eigenvalue weighted by Crippen LogP contribution is 2.36. The Morgan fingerprint density at radius 3 is 2.79 bits per heavy atom. The van der Waals surface area contributed by atoms with Crippen LogP contribution in [0, 0.1) is 6.92 Å². The number of rotatable bonds is 5. The topological polar surface area (TPSA) is 133 Å². The van der Waals surface area contributed by atoms with Crippen molar-refractivity contribution in [2.24, 2.45) is 5.73 Å². The molecule has 10 nitrogen and oxygen atoms in total. The summed E-state index contributed by atoms with van der Waals surface area (Å²) < 4.78 is 11.7. The van der Waals surface area contributed by atoms with Crippen molar-refractivity contribution in [1.29, 1.82) is 0 Å². The summed E-state index contributed by atoms with van der Waals surface area (Å²) >= 11 is 1.23. The molecule has 0 unspecified atom stereocenters. The van der Waals surface area contributed by atoms with Crippen molar-refractivity contribution in [2.45, 2.75) is 52.2 Å². The van der Waals surface area contributed by atoms with E-state index in [4.69, 9.17) is 15.2 Å². The highest BCUT2D eigenvalue weighted by molar-refractivity contribution is 7.20. The maximum Gasteiger partial charge on any atom is 0.410 e. The molecule has 3 aromatic heterocycles. The van der Waals surface area contributed by atoms with Crippen LogP contribution in [0.3, 0.4) is 0 Å². The second-order valence-electron chi connectivity index (χ2n) is 9.11. The number of anilines is 2. The molecule has 1 aliphatic heterocycles. The summed E-state index contributed by atoms with van der Waals surface area (Å²) in [6, 6.07) is 3.62. The van der Waals surface area contributed by atoms with Crippen molar-refractivity contribution in [3.8, 4) is 5.88 Å². The van der Waals surface area contributed by atoms with E-state index in [2.05, 4.69) is 20.3 Å². The minimum absolute atomic E-state index is 0.230. The van der Waals surface area contributed by atoms with Gasteiger partial charge in [0.2, 0.25) is 5.88 Å². The van der Waals surface area contributed by atoms with E-state index >= 15 is 0 Å².